The second-order valence-corrected chi connectivity index (χ2v) is 5.04. The van der Waals surface area contributed by atoms with Crippen LogP contribution in [-0.4, -0.2) is 36.2 Å². The molecular weight excluding hydrogens is 258 g/mol. The largest absolute Gasteiger partial charge is 0.395 e. The zero-order valence-electron chi connectivity index (χ0n) is 11.3. The molecule has 0 heterocycles. The normalized spacial score (nSPS) is 9.63. The van der Waals surface area contributed by atoms with Crippen molar-refractivity contribution in [3.8, 4) is 11.8 Å². The molecule has 3 nitrogen and oxygen atoms in total. The first-order valence-electron chi connectivity index (χ1n) is 6.16. The molecule has 0 unspecified atom stereocenters. The molecular formula is C15H19NO2S. The summed E-state index contributed by atoms with van der Waals surface area (Å²) in [6, 6.07) is 5.50. The highest BCUT2D eigenvalue weighted by Gasteiger charge is 2.06. The number of thioether (sulfide) groups is 1. The molecule has 0 aliphatic heterocycles. The van der Waals surface area contributed by atoms with Gasteiger partial charge in [0, 0.05) is 29.8 Å². The van der Waals surface area contributed by atoms with E-state index in [0.29, 0.717) is 18.5 Å². The average molecular weight is 277 g/mol. The van der Waals surface area contributed by atoms with Crippen molar-refractivity contribution in [3.63, 3.8) is 0 Å². The topological polar surface area (TPSA) is 49.3 Å². The van der Waals surface area contributed by atoms with Crippen LogP contribution in [0.25, 0.3) is 0 Å². The smallest absolute Gasteiger partial charge is 0.251 e. The predicted molar refractivity (Wildman–Crippen MR) is 80.5 cm³/mol. The number of hydrogen-bond donors (Lipinski definition) is 2. The fourth-order valence-corrected chi connectivity index (χ4v) is 1.79. The summed E-state index contributed by atoms with van der Waals surface area (Å²) in [6.07, 6.45) is 2.45. The van der Waals surface area contributed by atoms with Gasteiger partial charge in [-0.25, -0.2) is 0 Å². The highest BCUT2D eigenvalue weighted by molar-refractivity contribution is 7.98. The van der Waals surface area contributed by atoms with E-state index in [-0.39, 0.29) is 12.5 Å². The number of benzene rings is 1. The van der Waals surface area contributed by atoms with E-state index in [4.69, 9.17) is 5.11 Å². The average Bonchev–Trinajstić information content (AvgIpc) is 2.41. The molecule has 1 aromatic carbocycles. The minimum absolute atomic E-state index is 0.0565. The first-order chi connectivity index (χ1) is 9.19. The quantitative estimate of drug-likeness (QED) is 0.637. The van der Waals surface area contributed by atoms with Gasteiger partial charge in [0.05, 0.1) is 6.61 Å². The lowest BCUT2D eigenvalue weighted by molar-refractivity contribution is 0.0956. The van der Waals surface area contributed by atoms with Crippen molar-refractivity contribution in [1.29, 1.82) is 0 Å². The minimum atomic E-state index is -0.0701. The van der Waals surface area contributed by atoms with E-state index < -0.39 is 0 Å². The van der Waals surface area contributed by atoms with Gasteiger partial charge in [-0.2, -0.15) is 11.8 Å². The fraction of sp³-hybridized carbons (Fsp3) is 0.400. The van der Waals surface area contributed by atoms with Crippen LogP contribution in [0.5, 0.6) is 0 Å². The van der Waals surface area contributed by atoms with Crippen LogP contribution in [0.15, 0.2) is 18.2 Å². The molecule has 0 aliphatic carbocycles. The molecule has 1 amide bonds. The summed E-state index contributed by atoms with van der Waals surface area (Å²) in [6.45, 7) is 2.68. The van der Waals surface area contributed by atoms with Crippen molar-refractivity contribution in [2.24, 2.45) is 0 Å². The number of aryl methyl sites for hydroxylation is 1. The fourth-order valence-electron chi connectivity index (χ4n) is 1.48. The van der Waals surface area contributed by atoms with Gasteiger partial charge in [0.2, 0.25) is 0 Å². The van der Waals surface area contributed by atoms with Crippen molar-refractivity contribution in [3.05, 3.63) is 34.9 Å². The summed E-state index contributed by atoms with van der Waals surface area (Å²) in [4.78, 5) is 11.9. The highest BCUT2D eigenvalue weighted by Crippen LogP contribution is 2.10. The lowest BCUT2D eigenvalue weighted by Crippen LogP contribution is -2.25. The third-order valence-corrected chi connectivity index (χ3v) is 3.16. The van der Waals surface area contributed by atoms with E-state index in [1.165, 1.54) is 0 Å². The molecule has 0 radical (unpaired) electrons. The van der Waals surface area contributed by atoms with Crippen LogP contribution in [0.4, 0.5) is 0 Å². The lowest BCUT2D eigenvalue weighted by atomic mass is 10.0. The van der Waals surface area contributed by atoms with E-state index in [0.717, 1.165) is 16.9 Å². The van der Waals surface area contributed by atoms with Gasteiger partial charge < -0.3 is 10.4 Å². The molecule has 4 heteroatoms. The number of aliphatic hydroxyl groups is 1. The van der Waals surface area contributed by atoms with Crippen molar-refractivity contribution in [1.82, 2.24) is 5.32 Å². The van der Waals surface area contributed by atoms with E-state index in [2.05, 4.69) is 17.2 Å². The molecule has 102 valence electrons. The van der Waals surface area contributed by atoms with Crippen molar-refractivity contribution < 1.29 is 9.90 Å². The number of carbonyl (C=O) groups excluding carboxylic acids is 1. The van der Waals surface area contributed by atoms with Crippen molar-refractivity contribution in [2.75, 3.05) is 25.2 Å². The molecule has 0 fully saturated rings. The van der Waals surface area contributed by atoms with Crippen LogP contribution in [0.2, 0.25) is 0 Å². The predicted octanol–water partition coefficient (Wildman–Crippen LogP) is 1.82. The Morgan fingerprint density at radius 2 is 2.26 bits per heavy atom. The Hall–Kier alpha value is -1.44. The second kappa shape index (κ2) is 8.63. The Bertz CT molecular complexity index is 489. The SMILES string of the molecule is CSCCNC(=O)c1ccc(C)c(C#CCCO)c1. The molecule has 2 N–H and O–H groups in total. The number of rotatable bonds is 5. The maximum Gasteiger partial charge on any atom is 0.251 e. The van der Waals surface area contributed by atoms with Gasteiger partial charge in [-0.05, 0) is 30.9 Å². The summed E-state index contributed by atoms with van der Waals surface area (Å²) in [5, 5.41) is 11.6. The maximum absolute atomic E-state index is 11.9. The van der Waals surface area contributed by atoms with Gasteiger partial charge in [-0.15, -0.1) is 0 Å². The van der Waals surface area contributed by atoms with Crippen LogP contribution < -0.4 is 5.32 Å². The monoisotopic (exact) mass is 277 g/mol. The maximum atomic E-state index is 11.9. The zero-order valence-corrected chi connectivity index (χ0v) is 12.1. The van der Waals surface area contributed by atoms with Gasteiger partial charge >= 0.3 is 0 Å². The first kappa shape index (κ1) is 15.6. The Morgan fingerprint density at radius 3 is 2.95 bits per heavy atom. The Labute approximate surface area is 118 Å². The van der Waals surface area contributed by atoms with Gasteiger partial charge in [0.1, 0.15) is 0 Å². The van der Waals surface area contributed by atoms with Crippen molar-refractivity contribution in [2.45, 2.75) is 13.3 Å². The number of carbonyl (C=O) groups is 1. The summed E-state index contributed by atoms with van der Waals surface area (Å²) >= 11 is 1.70. The van der Waals surface area contributed by atoms with Gasteiger partial charge in [0.15, 0.2) is 0 Å². The molecule has 1 aromatic rings. The molecule has 0 saturated carbocycles. The summed E-state index contributed by atoms with van der Waals surface area (Å²) in [7, 11) is 0. The Kier molecular flexibility index (Phi) is 7.09. The van der Waals surface area contributed by atoms with Gasteiger partial charge in [-0.3, -0.25) is 4.79 Å². The van der Waals surface area contributed by atoms with Crippen LogP contribution in [0, 0.1) is 18.8 Å². The standard InChI is InChI=1S/C15H19NO2S/c1-12-6-7-14(15(18)16-8-10-19-2)11-13(12)5-3-4-9-17/h6-7,11,17H,4,8-10H2,1-2H3,(H,16,18). The number of nitrogens with one attached hydrogen (secondary N) is 1. The van der Waals surface area contributed by atoms with Crippen LogP contribution in [0.3, 0.4) is 0 Å². The van der Waals surface area contributed by atoms with E-state index in [1.54, 1.807) is 23.9 Å². The summed E-state index contributed by atoms with van der Waals surface area (Å²) in [5.74, 6) is 6.69. The lowest BCUT2D eigenvalue weighted by Gasteiger charge is -2.06. The first-order valence-corrected chi connectivity index (χ1v) is 7.56. The molecule has 0 bridgehead atoms. The second-order valence-electron chi connectivity index (χ2n) is 4.05. The van der Waals surface area contributed by atoms with Crippen LogP contribution in [0.1, 0.15) is 27.9 Å². The molecule has 0 aromatic heterocycles. The number of amides is 1. The molecule has 1 rings (SSSR count). The Balaban J connectivity index is 2.78. The van der Waals surface area contributed by atoms with Gasteiger partial charge in [0.25, 0.3) is 5.91 Å². The molecule has 0 spiro atoms. The highest BCUT2D eigenvalue weighted by atomic mass is 32.2. The van der Waals surface area contributed by atoms with Gasteiger partial charge in [-0.1, -0.05) is 17.9 Å². The molecule has 0 saturated heterocycles. The third-order valence-electron chi connectivity index (χ3n) is 2.55. The number of aliphatic hydroxyl groups excluding tert-OH is 1. The van der Waals surface area contributed by atoms with E-state index >= 15 is 0 Å². The summed E-state index contributed by atoms with van der Waals surface area (Å²) < 4.78 is 0. The van der Waals surface area contributed by atoms with E-state index in [1.807, 2.05) is 19.2 Å². The molecule has 0 aliphatic rings. The molecule has 0 atom stereocenters. The molecule has 19 heavy (non-hydrogen) atoms. The Morgan fingerprint density at radius 1 is 1.47 bits per heavy atom. The number of hydrogen-bond acceptors (Lipinski definition) is 3. The van der Waals surface area contributed by atoms with Crippen LogP contribution in [-0.2, 0) is 0 Å². The third kappa shape index (κ3) is 5.37. The zero-order chi connectivity index (χ0) is 14.1. The van der Waals surface area contributed by atoms with E-state index in [9.17, 15) is 4.79 Å². The van der Waals surface area contributed by atoms with Crippen molar-refractivity contribution >= 4 is 17.7 Å². The summed E-state index contributed by atoms with van der Waals surface area (Å²) in [5.41, 5.74) is 2.50. The minimum Gasteiger partial charge on any atom is -0.395 e. The van der Waals surface area contributed by atoms with Crippen LogP contribution >= 0.6 is 11.8 Å².